The number of para-hydroxylation sites is 1. The number of carboxylic acid groups (broad SMARTS) is 1. The zero-order valence-electron chi connectivity index (χ0n) is 11.5. The third-order valence-corrected chi connectivity index (χ3v) is 3.33. The summed E-state index contributed by atoms with van der Waals surface area (Å²) in [5, 5.41) is 18.7. The molecule has 0 bridgehead atoms. The summed E-state index contributed by atoms with van der Waals surface area (Å²) in [5.74, 6) is -1.03. The van der Waals surface area contributed by atoms with Gasteiger partial charge in [0.2, 0.25) is 0 Å². The quantitative estimate of drug-likeness (QED) is 0.862. The molecule has 0 aliphatic carbocycles. The van der Waals surface area contributed by atoms with Crippen molar-refractivity contribution in [3.8, 4) is 0 Å². The van der Waals surface area contributed by atoms with Crippen LogP contribution in [0, 0.1) is 0 Å². The van der Waals surface area contributed by atoms with Crippen LogP contribution in [-0.4, -0.2) is 52.9 Å². The van der Waals surface area contributed by atoms with E-state index in [1.807, 2.05) is 12.1 Å². The van der Waals surface area contributed by atoms with Gasteiger partial charge in [-0.05, 0) is 18.6 Å². The fraction of sp³-hybridized carbons (Fsp3) is 0.429. The first kappa shape index (κ1) is 14.3. The molecule has 1 aromatic carbocycles. The summed E-state index contributed by atoms with van der Waals surface area (Å²) in [6, 6.07) is 5.86. The van der Waals surface area contributed by atoms with Crippen molar-refractivity contribution in [2.45, 2.75) is 25.5 Å². The van der Waals surface area contributed by atoms with Gasteiger partial charge in [0, 0.05) is 25.7 Å². The predicted molar refractivity (Wildman–Crippen MR) is 73.8 cm³/mol. The summed E-state index contributed by atoms with van der Waals surface area (Å²) in [7, 11) is 1.55. The van der Waals surface area contributed by atoms with Gasteiger partial charge in [0.1, 0.15) is 6.04 Å². The van der Waals surface area contributed by atoms with Gasteiger partial charge in [-0.1, -0.05) is 18.2 Å². The van der Waals surface area contributed by atoms with Gasteiger partial charge in [-0.15, -0.1) is 0 Å². The Bertz CT molecular complexity index is 530. The number of anilines is 1. The third kappa shape index (κ3) is 2.60. The lowest BCUT2D eigenvalue weighted by molar-refractivity contribution is -0.138. The van der Waals surface area contributed by atoms with E-state index in [1.54, 1.807) is 26.1 Å². The van der Waals surface area contributed by atoms with Crippen LogP contribution >= 0.6 is 0 Å². The molecule has 20 heavy (non-hydrogen) atoms. The van der Waals surface area contributed by atoms with Crippen molar-refractivity contribution in [3.63, 3.8) is 0 Å². The molecule has 6 nitrogen and oxygen atoms in total. The fourth-order valence-electron chi connectivity index (χ4n) is 2.48. The van der Waals surface area contributed by atoms with Gasteiger partial charge < -0.3 is 15.1 Å². The number of aliphatic hydroxyl groups excluding tert-OH is 1. The summed E-state index contributed by atoms with van der Waals surface area (Å²) >= 11 is 0. The summed E-state index contributed by atoms with van der Waals surface area (Å²) < 4.78 is 0. The Morgan fingerprint density at radius 1 is 1.45 bits per heavy atom. The number of carbonyl (C=O) groups is 2. The zero-order chi connectivity index (χ0) is 14.9. The summed E-state index contributed by atoms with van der Waals surface area (Å²) in [5.41, 5.74) is 1.47. The molecule has 108 valence electrons. The van der Waals surface area contributed by atoms with E-state index in [1.165, 1.54) is 9.80 Å². The molecule has 1 aliphatic rings. The number of rotatable bonds is 3. The molecule has 2 N–H and O–H groups in total. The van der Waals surface area contributed by atoms with Crippen LogP contribution in [-0.2, 0) is 11.2 Å². The number of likely N-dealkylation sites (N-methyl/N-ethyl adjacent to an activating group) is 1. The van der Waals surface area contributed by atoms with E-state index in [4.69, 9.17) is 0 Å². The van der Waals surface area contributed by atoms with E-state index >= 15 is 0 Å². The van der Waals surface area contributed by atoms with Crippen molar-refractivity contribution in [2.75, 3.05) is 18.5 Å². The molecule has 2 amide bonds. The SMILES string of the molecule is CC(O)CN(C)C(=O)N1c2ccccc2CC1C(=O)O. The Labute approximate surface area is 117 Å². The topological polar surface area (TPSA) is 81.1 Å². The Morgan fingerprint density at radius 2 is 2.10 bits per heavy atom. The van der Waals surface area contributed by atoms with Crippen LogP contribution in [0.5, 0.6) is 0 Å². The molecule has 0 saturated heterocycles. The lowest BCUT2D eigenvalue weighted by Gasteiger charge is -2.28. The lowest BCUT2D eigenvalue weighted by atomic mass is 10.1. The lowest BCUT2D eigenvalue weighted by Crippen LogP contribution is -2.49. The molecule has 0 aromatic heterocycles. The predicted octanol–water partition coefficient (Wildman–Crippen LogP) is 0.935. The van der Waals surface area contributed by atoms with Crippen LogP contribution in [0.15, 0.2) is 24.3 Å². The Balaban J connectivity index is 2.31. The highest BCUT2D eigenvalue weighted by Crippen LogP contribution is 2.32. The number of hydrogen-bond donors (Lipinski definition) is 2. The third-order valence-electron chi connectivity index (χ3n) is 3.33. The summed E-state index contributed by atoms with van der Waals surface area (Å²) in [6.45, 7) is 1.74. The molecule has 6 heteroatoms. The van der Waals surface area contributed by atoms with Crippen LogP contribution in [0.1, 0.15) is 12.5 Å². The van der Waals surface area contributed by atoms with E-state index in [2.05, 4.69) is 0 Å². The van der Waals surface area contributed by atoms with E-state index in [9.17, 15) is 19.8 Å². The molecule has 2 unspecified atom stereocenters. The number of aliphatic carboxylic acids is 1. The fourth-order valence-corrected chi connectivity index (χ4v) is 2.48. The largest absolute Gasteiger partial charge is 0.480 e. The van der Waals surface area contributed by atoms with Gasteiger partial charge in [0.05, 0.1) is 6.10 Å². The van der Waals surface area contributed by atoms with Crippen molar-refractivity contribution >= 4 is 17.7 Å². The molecule has 0 fully saturated rings. The average Bonchev–Trinajstić information content (AvgIpc) is 2.76. The number of aliphatic hydroxyl groups is 1. The van der Waals surface area contributed by atoms with Gasteiger partial charge in [-0.25, -0.2) is 9.59 Å². The normalized spacial score (nSPS) is 18.6. The number of urea groups is 1. The highest BCUT2D eigenvalue weighted by atomic mass is 16.4. The number of carbonyl (C=O) groups excluding carboxylic acids is 1. The van der Waals surface area contributed by atoms with E-state index in [0.717, 1.165) is 5.56 Å². The van der Waals surface area contributed by atoms with Gasteiger partial charge in [-0.2, -0.15) is 0 Å². The van der Waals surface area contributed by atoms with Crippen molar-refractivity contribution < 1.29 is 19.8 Å². The molecule has 1 aliphatic heterocycles. The molecule has 2 atom stereocenters. The minimum Gasteiger partial charge on any atom is -0.480 e. The van der Waals surface area contributed by atoms with Crippen molar-refractivity contribution in [1.82, 2.24) is 4.90 Å². The van der Waals surface area contributed by atoms with Crippen LogP contribution in [0.3, 0.4) is 0 Å². The molecule has 1 heterocycles. The maximum atomic E-state index is 12.4. The Kier molecular flexibility index (Phi) is 3.94. The summed E-state index contributed by atoms with van der Waals surface area (Å²) in [4.78, 5) is 26.4. The smallest absolute Gasteiger partial charge is 0.327 e. The average molecular weight is 278 g/mol. The maximum absolute atomic E-state index is 12.4. The highest BCUT2D eigenvalue weighted by molar-refractivity contribution is 6.00. The van der Waals surface area contributed by atoms with Crippen molar-refractivity contribution in [1.29, 1.82) is 0 Å². The van der Waals surface area contributed by atoms with Gasteiger partial charge in [0.25, 0.3) is 0 Å². The van der Waals surface area contributed by atoms with Gasteiger partial charge in [-0.3, -0.25) is 4.90 Å². The van der Waals surface area contributed by atoms with Crippen LogP contribution in [0.25, 0.3) is 0 Å². The molecule has 2 rings (SSSR count). The number of benzene rings is 1. The Hall–Kier alpha value is -2.08. The molecule has 0 spiro atoms. The monoisotopic (exact) mass is 278 g/mol. The number of carboxylic acids is 1. The van der Waals surface area contributed by atoms with Crippen molar-refractivity contribution in [3.05, 3.63) is 29.8 Å². The second-order valence-corrected chi connectivity index (χ2v) is 5.07. The maximum Gasteiger partial charge on any atom is 0.327 e. The number of amides is 2. The van der Waals surface area contributed by atoms with Crippen LogP contribution in [0.2, 0.25) is 0 Å². The molecule has 0 radical (unpaired) electrons. The Morgan fingerprint density at radius 3 is 2.70 bits per heavy atom. The van der Waals surface area contributed by atoms with Crippen LogP contribution in [0.4, 0.5) is 10.5 Å². The van der Waals surface area contributed by atoms with E-state index < -0.39 is 24.1 Å². The second kappa shape index (κ2) is 5.50. The second-order valence-electron chi connectivity index (χ2n) is 5.07. The zero-order valence-corrected chi connectivity index (χ0v) is 11.5. The molecular weight excluding hydrogens is 260 g/mol. The highest BCUT2D eigenvalue weighted by Gasteiger charge is 2.39. The van der Waals surface area contributed by atoms with Crippen molar-refractivity contribution in [2.24, 2.45) is 0 Å². The number of fused-ring (bicyclic) bond motifs is 1. The number of nitrogens with zero attached hydrogens (tertiary/aromatic N) is 2. The molecule has 1 aromatic rings. The molecular formula is C14H18N2O4. The van der Waals surface area contributed by atoms with Gasteiger partial charge in [0.15, 0.2) is 0 Å². The van der Waals surface area contributed by atoms with Crippen LogP contribution < -0.4 is 4.90 Å². The first-order chi connectivity index (χ1) is 9.41. The minimum atomic E-state index is -1.03. The minimum absolute atomic E-state index is 0.157. The first-order valence-electron chi connectivity index (χ1n) is 6.45. The van der Waals surface area contributed by atoms with E-state index in [0.29, 0.717) is 12.1 Å². The first-order valence-corrected chi connectivity index (χ1v) is 6.45. The summed E-state index contributed by atoms with van der Waals surface area (Å²) in [6.07, 6.45) is -0.357. The molecule has 0 saturated carbocycles. The van der Waals surface area contributed by atoms with E-state index in [-0.39, 0.29) is 6.54 Å². The number of hydrogen-bond acceptors (Lipinski definition) is 3. The van der Waals surface area contributed by atoms with Gasteiger partial charge >= 0.3 is 12.0 Å². The standard InChI is InChI=1S/C14H18N2O4/c1-9(17)8-15(2)14(20)16-11-6-4-3-5-10(11)7-12(16)13(18)19/h3-6,9,12,17H,7-8H2,1-2H3,(H,18,19).